The molecule has 0 fully saturated rings. The van der Waals surface area contributed by atoms with Gasteiger partial charge in [0.1, 0.15) is 4.87 Å². The summed E-state index contributed by atoms with van der Waals surface area (Å²) in [6.45, 7) is 6.16. The maximum absolute atomic E-state index is 12.1. The van der Waals surface area contributed by atoms with Crippen molar-refractivity contribution in [3.63, 3.8) is 0 Å². The Hall–Kier alpha value is -1.38. The number of rotatable bonds is 17. The Bertz CT molecular complexity index is 650. The van der Waals surface area contributed by atoms with Crippen molar-refractivity contribution in [2.24, 2.45) is 5.92 Å². The summed E-state index contributed by atoms with van der Waals surface area (Å²) in [7, 11) is 2.13. The molecule has 1 unspecified atom stereocenters. The molecule has 0 aromatic carbocycles. The third kappa shape index (κ3) is 17.9. The molecule has 0 bridgehead atoms. The Morgan fingerprint density at radius 1 is 0.871 bits per heavy atom. The summed E-state index contributed by atoms with van der Waals surface area (Å²) in [5, 5.41) is 2.78. The second-order valence-electron chi connectivity index (χ2n) is 7.97. The normalized spacial score (nSPS) is 14.6. The molecule has 0 heterocycles. The van der Waals surface area contributed by atoms with Crippen molar-refractivity contribution in [3.05, 3.63) is 60.8 Å². The topological polar surface area (TPSA) is 46.2 Å². The van der Waals surface area contributed by atoms with Crippen LogP contribution in [0.2, 0.25) is 0 Å². The summed E-state index contributed by atoms with van der Waals surface area (Å²) in [5.74, 6) is 0.141. The van der Waals surface area contributed by atoms with E-state index in [2.05, 4.69) is 94.9 Å². The summed E-state index contributed by atoms with van der Waals surface area (Å²) < 4.78 is 0. The van der Waals surface area contributed by atoms with Crippen LogP contribution >= 0.6 is 21.9 Å². The summed E-state index contributed by atoms with van der Waals surface area (Å²) >= 11 is 4.42. The summed E-state index contributed by atoms with van der Waals surface area (Å²) in [5.41, 5.74) is -0.198. The van der Waals surface area contributed by atoms with Crippen LogP contribution in [0.5, 0.6) is 0 Å². The molecule has 174 valence electrons. The van der Waals surface area contributed by atoms with E-state index in [0.717, 1.165) is 44.9 Å². The maximum atomic E-state index is 12.1. The Morgan fingerprint density at radius 3 is 1.74 bits per heavy atom. The summed E-state index contributed by atoms with van der Waals surface area (Å²) in [6, 6.07) is 0. The van der Waals surface area contributed by atoms with Gasteiger partial charge in [0.2, 0.25) is 5.91 Å². The van der Waals surface area contributed by atoms with Crippen LogP contribution in [0.15, 0.2) is 60.8 Å². The van der Waals surface area contributed by atoms with Crippen LogP contribution < -0.4 is 5.32 Å². The third-order valence-corrected chi connectivity index (χ3v) is 5.64. The van der Waals surface area contributed by atoms with Gasteiger partial charge >= 0.3 is 0 Å². The quantitative estimate of drug-likeness (QED) is 0.0794. The zero-order valence-electron chi connectivity index (χ0n) is 19.6. The van der Waals surface area contributed by atoms with Crippen LogP contribution in [-0.2, 0) is 9.59 Å². The van der Waals surface area contributed by atoms with E-state index >= 15 is 0 Å². The van der Waals surface area contributed by atoms with Crippen LogP contribution in [-0.4, -0.2) is 16.3 Å². The monoisotopic (exact) mass is 463 g/mol. The maximum Gasteiger partial charge on any atom is 0.221 e. The van der Waals surface area contributed by atoms with E-state index in [9.17, 15) is 9.59 Å². The zero-order chi connectivity index (χ0) is 23.4. The van der Waals surface area contributed by atoms with Crippen molar-refractivity contribution in [1.29, 1.82) is 0 Å². The van der Waals surface area contributed by atoms with Crippen molar-refractivity contribution >= 4 is 33.3 Å². The lowest BCUT2D eigenvalue weighted by molar-refractivity contribution is -0.125. The highest BCUT2D eigenvalue weighted by Crippen LogP contribution is 2.25. The molecule has 0 aliphatic carbocycles. The molecular weight excluding hydrogens is 421 g/mol. The Morgan fingerprint density at radius 2 is 1.32 bits per heavy atom. The predicted molar refractivity (Wildman–Crippen MR) is 142 cm³/mol. The average molecular weight is 464 g/mol. The van der Waals surface area contributed by atoms with Crippen molar-refractivity contribution in [2.75, 3.05) is 0 Å². The number of thiol groups is 1. The lowest BCUT2D eigenvalue weighted by Gasteiger charge is -2.28. The van der Waals surface area contributed by atoms with Gasteiger partial charge in [0.25, 0.3) is 0 Å². The second-order valence-corrected chi connectivity index (χ2v) is 9.26. The molecule has 1 amide bonds. The first kappa shape index (κ1) is 29.6. The number of hydrogen-bond donors (Lipinski definition) is 2. The van der Waals surface area contributed by atoms with Crippen molar-refractivity contribution in [1.82, 2.24) is 5.32 Å². The van der Waals surface area contributed by atoms with E-state index in [0.29, 0.717) is 12.8 Å². The van der Waals surface area contributed by atoms with E-state index in [-0.39, 0.29) is 17.3 Å². The molecule has 31 heavy (non-hydrogen) atoms. The van der Waals surface area contributed by atoms with Gasteiger partial charge in [0.05, 0.1) is 0 Å². The van der Waals surface area contributed by atoms with E-state index in [1.165, 1.54) is 0 Å². The number of hydrogen-bond acceptors (Lipinski definition) is 3. The van der Waals surface area contributed by atoms with E-state index < -0.39 is 4.87 Å². The van der Waals surface area contributed by atoms with E-state index in [4.69, 9.17) is 0 Å². The molecule has 0 rings (SSSR count). The number of nitrogens with one attached hydrogen (secondary N) is 1. The molecule has 0 aliphatic heterocycles. The highest BCUT2D eigenvalue weighted by Gasteiger charge is 2.33. The standard InChI is InChI=1S/C26H42NO2PS/c1-4-5-6-7-8-9-10-11-12-13-14-15-16-17-18-19-20-21-24(28)27-26(31,25(29)30)22-23(2)3/h5-6,8-9,11-12,14-15,17-18,23,31H,4,7,10,13,16,19-22,30H2,1-3H3,(H,27,28)/b6-5-,9-8-,12-11-,15-14-,18-17-/t26-/m1/s1. The molecule has 2 atom stereocenters. The minimum absolute atomic E-state index is 0.126. The first-order valence-corrected chi connectivity index (χ1v) is 12.4. The van der Waals surface area contributed by atoms with Gasteiger partial charge < -0.3 is 5.32 Å². The fourth-order valence-electron chi connectivity index (χ4n) is 2.85. The SMILES string of the molecule is CC/C=C\C/C=C\C/C=C\C/C=C\C/C=C\CCCC(=O)N[C@@](S)(CC(C)C)C(=O)P. The van der Waals surface area contributed by atoms with Crippen LogP contribution in [0.3, 0.4) is 0 Å². The average Bonchev–Trinajstić information content (AvgIpc) is 2.69. The van der Waals surface area contributed by atoms with Crippen LogP contribution in [0, 0.1) is 5.92 Å². The molecule has 0 saturated heterocycles. The Balaban J connectivity index is 3.89. The van der Waals surface area contributed by atoms with Crippen LogP contribution in [0.1, 0.15) is 78.6 Å². The summed E-state index contributed by atoms with van der Waals surface area (Å²) in [4.78, 5) is 22.9. The number of carbonyl (C=O) groups excluding carboxylic acids is 2. The van der Waals surface area contributed by atoms with Gasteiger partial charge in [-0.2, -0.15) is 0 Å². The lowest BCUT2D eigenvalue weighted by Crippen LogP contribution is -2.49. The number of carbonyl (C=O) groups is 2. The number of amides is 1. The predicted octanol–water partition coefficient (Wildman–Crippen LogP) is 7.10. The molecule has 0 saturated carbocycles. The van der Waals surface area contributed by atoms with Gasteiger partial charge in [0.15, 0.2) is 5.52 Å². The smallest absolute Gasteiger partial charge is 0.221 e. The lowest BCUT2D eigenvalue weighted by atomic mass is 10.0. The van der Waals surface area contributed by atoms with Crippen LogP contribution in [0.4, 0.5) is 0 Å². The molecule has 0 aliphatic rings. The minimum atomic E-state index is -1.09. The molecule has 0 aromatic rings. The first-order valence-electron chi connectivity index (χ1n) is 11.4. The molecule has 5 heteroatoms. The van der Waals surface area contributed by atoms with Crippen molar-refractivity contribution in [2.45, 2.75) is 83.4 Å². The van der Waals surface area contributed by atoms with Crippen LogP contribution in [0.25, 0.3) is 0 Å². The minimum Gasteiger partial charge on any atom is -0.335 e. The Labute approximate surface area is 198 Å². The largest absolute Gasteiger partial charge is 0.335 e. The first-order chi connectivity index (χ1) is 14.8. The fraction of sp³-hybridized carbons (Fsp3) is 0.538. The van der Waals surface area contributed by atoms with Crippen molar-refractivity contribution in [3.8, 4) is 0 Å². The summed E-state index contributed by atoms with van der Waals surface area (Å²) in [6.07, 6.45) is 29.2. The third-order valence-electron chi connectivity index (χ3n) is 4.39. The number of unbranched alkanes of at least 4 members (excludes halogenated alkanes) is 1. The van der Waals surface area contributed by atoms with Gasteiger partial charge in [0, 0.05) is 6.42 Å². The molecule has 0 spiro atoms. The van der Waals surface area contributed by atoms with Gasteiger partial charge in [-0.25, -0.2) is 0 Å². The molecule has 1 N–H and O–H groups in total. The molecular formula is C26H42NO2PS. The van der Waals surface area contributed by atoms with Gasteiger partial charge in [-0.1, -0.05) is 90.8 Å². The zero-order valence-corrected chi connectivity index (χ0v) is 21.6. The highest BCUT2D eigenvalue weighted by molar-refractivity contribution is 7.83. The van der Waals surface area contributed by atoms with Gasteiger partial charge in [-0.15, -0.1) is 12.6 Å². The number of allylic oxidation sites excluding steroid dienone is 10. The van der Waals surface area contributed by atoms with Gasteiger partial charge in [-0.05, 0) is 57.3 Å². The van der Waals surface area contributed by atoms with Gasteiger partial charge in [-0.3, -0.25) is 9.59 Å². The Kier molecular flexibility index (Phi) is 18.5. The van der Waals surface area contributed by atoms with E-state index in [1.807, 2.05) is 13.8 Å². The molecule has 0 aromatic heterocycles. The molecule has 0 radical (unpaired) electrons. The molecule has 3 nitrogen and oxygen atoms in total. The van der Waals surface area contributed by atoms with Crippen molar-refractivity contribution < 1.29 is 9.59 Å². The highest BCUT2D eigenvalue weighted by atomic mass is 32.1. The second kappa shape index (κ2) is 19.3. The van der Waals surface area contributed by atoms with E-state index in [1.54, 1.807) is 0 Å². The fourth-order valence-corrected chi connectivity index (χ4v) is 3.53.